The Balaban J connectivity index is 2.30. The van der Waals surface area contributed by atoms with Crippen LogP contribution in [0.5, 0.6) is 0 Å². The van der Waals surface area contributed by atoms with Crippen LogP contribution in [-0.2, 0) is 4.79 Å². The maximum atomic E-state index is 11.4. The lowest BCUT2D eigenvalue weighted by Crippen LogP contribution is -2.30. The maximum Gasteiger partial charge on any atom is 0.159 e. The van der Waals surface area contributed by atoms with Gasteiger partial charge in [0, 0.05) is 12.1 Å². The van der Waals surface area contributed by atoms with E-state index >= 15 is 0 Å². The highest BCUT2D eigenvalue weighted by Gasteiger charge is 2.17. The summed E-state index contributed by atoms with van der Waals surface area (Å²) < 4.78 is 0. The van der Waals surface area contributed by atoms with Crippen LogP contribution >= 0.6 is 11.6 Å². The molecular weight excluding hydrogens is 212 g/mol. The fourth-order valence-corrected chi connectivity index (χ4v) is 1.70. The van der Waals surface area contributed by atoms with Gasteiger partial charge in [0.2, 0.25) is 0 Å². The minimum absolute atomic E-state index is 0.192. The predicted molar refractivity (Wildman–Crippen MR) is 60.2 cm³/mol. The summed E-state index contributed by atoms with van der Waals surface area (Å²) in [5.41, 5.74) is 1.77. The third kappa shape index (κ3) is 2.36. The zero-order valence-corrected chi connectivity index (χ0v) is 9.16. The summed E-state index contributed by atoms with van der Waals surface area (Å²) in [5.74, 6) is 0.192. The normalized spacial score (nSPS) is 16.5. The number of rotatable bonds is 1. The van der Waals surface area contributed by atoms with Crippen molar-refractivity contribution in [1.29, 1.82) is 0 Å². The molecule has 0 unspecified atom stereocenters. The molecule has 1 aliphatic rings. The second-order valence-corrected chi connectivity index (χ2v) is 4.02. The molecule has 0 N–H and O–H groups in total. The minimum Gasteiger partial charge on any atom is -0.297 e. The van der Waals surface area contributed by atoms with Gasteiger partial charge in [0.05, 0.1) is 18.7 Å². The Kier molecular flexibility index (Phi) is 2.73. The Morgan fingerprint density at radius 1 is 1.33 bits per heavy atom. The van der Waals surface area contributed by atoms with Crippen LogP contribution in [0.25, 0.3) is 0 Å². The number of likely N-dealkylation sites (N-methyl/N-ethyl adjacent to an activating group) is 1. The van der Waals surface area contributed by atoms with Crippen molar-refractivity contribution < 1.29 is 4.79 Å². The fourth-order valence-electron chi connectivity index (χ4n) is 1.58. The van der Waals surface area contributed by atoms with Gasteiger partial charge in [-0.25, -0.2) is 0 Å². The summed E-state index contributed by atoms with van der Waals surface area (Å²) >= 11 is 5.79. The second-order valence-electron chi connectivity index (χ2n) is 3.58. The van der Waals surface area contributed by atoms with Gasteiger partial charge in [-0.05, 0) is 17.7 Å². The molecule has 0 amide bonds. The van der Waals surface area contributed by atoms with Gasteiger partial charge in [-0.3, -0.25) is 9.80 Å². The van der Waals surface area contributed by atoms with Gasteiger partial charge >= 0.3 is 0 Å². The Morgan fingerprint density at radius 2 is 2.00 bits per heavy atom. The van der Waals surface area contributed by atoms with Crippen LogP contribution in [0.4, 0.5) is 0 Å². The van der Waals surface area contributed by atoms with Gasteiger partial charge < -0.3 is 0 Å². The van der Waals surface area contributed by atoms with E-state index in [0.29, 0.717) is 18.0 Å². The SMILES string of the molecule is CN1CC(=O)CC(c2ccc(Cl)cc2)=N1. The first-order valence-electron chi connectivity index (χ1n) is 4.71. The monoisotopic (exact) mass is 222 g/mol. The molecule has 1 aromatic carbocycles. The van der Waals surface area contributed by atoms with E-state index in [-0.39, 0.29) is 5.78 Å². The highest BCUT2D eigenvalue weighted by molar-refractivity contribution is 6.30. The van der Waals surface area contributed by atoms with E-state index in [2.05, 4.69) is 5.10 Å². The summed E-state index contributed by atoms with van der Waals surface area (Å²) in [6.07, 6.45) is 0.409. The molecule has 0 fully saturated rings. The lowest BCUT2D eigenvalue weighted by atomic mass is 10.0. The van der Waals surface area contributed by atoms with Crippen LogP contribution < -0.4 is 0 Å². The first-order chi connectivity index (χ1) is 7.15. The molecule has 0 aromatic heterocycles. The molecule has 0 saturated heterocycles. The van der Waals surface area contributed by atoms with E-state index in [1.807, 2.05) is 12.1 Å². The van der Waals surface area contributed by atoms with Crippen molar-refractivity contribution in [3.8, 4) is 0 Å². The summed E-state index contributed by atoms with van der Waals surface area (Å²) in [4.78, 5) is 11.4. The number of benzene rings is 1. The Labute approximate surface area is 93.3 Å². The van der Waals surface area contributed by atoms with Crippen molar-refractivity contribution in [1.82, 2.24) is 5.01 Å². The molecule has 0 atom stereocenters. The van der Waals surface area contributed by atoms with Gasteiger partial charge in [0.15, 0.2) is 5.78 Å². The summed E-state index contributed by atoms with van der Waals surface area (Å²) in [5, 5.41) is 6.67. The van der Waals surface area contributed by atoms with Crippen molar-refractivity contribution >= 4 is 23.1 Å². The third-order valence-electron chi connectivity index (χ3n) is 2.24. The number of carbonyl (C=O) groups is 1. The summed E-state index contributed by atoms with van der Waals surface area (Å²) in [6, 6.07) is 7.37. The number of hydrogen-bond donors (Lipinski definition) is 0. The predicted octanol–water partition coefficient (Wildman–Crippen LogP) is 1.95. The summed E-state index contributed by atoms with van der Waals surface area (Å²) in [7, 11) is 1.80. The van der Waals surface area contributed by atoms with Crippen LogP contribution in [0.2, 0.25) is 5.02 Å². The largest absolute Gasteiger partial charge is 0.297 e. The molecule has 4 heteroatoms. The average Bonchev–Trinajstić information content (AvgIpc) is 2.17. The van der Waals surface area contributed by atoms with E-state index in [0.717, 1.165) is 11.3 Å². The van der Waals surface area contributed by atoms with Crippen molar-refractivity contribution in [3.05, 3.63) is 34.9 Å². The van der Waals surface area contributed by atoms with E-state index in [1.165, 1.54) is 0 Å². The Bertz CT molecular complexity index is 411. The molecule has 0 aliphatic carbocycles. The molecule has 1 heterocycles. The first kappa shape index (κ1) is 10.2. The average molecular weight is 223 g/mol. The number of nitrogens with zero attached hydrogens (tertiary/aromatic N) is 2. The van der Waals surface area contributed by atoms with Crippen molar-refractivity contribution in [3.63, 3.8) is 0 Å². The van der Waals surface area contributed by atoms with Gasteiger partial charge in [0.25, 0.3) is 0 Å². The number of carbonyl (C=O) groups excluding carboxylic acids is 1. The van der Waals surface area contributed by atoms with E-state index < -0.39 is 0 Å². The van der Waals surface area contributed by atoms with E-state index in [1.54, 1.807) is 24.2 Å². The van der Waals surface area contributed by atoms with Crippen molar-refractivity contribution in [2.45, 2.75) is 6.42 Å². The molecule has 2 rings (SSSR count). The van der Waals surface area contributed by atoms with Crippen molar-refractivity contribution in [2.24, 2.45) is 5.10 Å². The molecule has 78 valence electrons. The molecular formula is C11H11ClN2O. The van der Waals surface area contributed by atoms with Gasteiger partial charge in [0.1, 0.15) is 0 Å². The third-order valence-corrected chi connectivity index (χ3v) is 2.49. The number of halogens is 1. The van der Waals surface area contributed by atoms with Crippen LogP contribution in [0, 0.1) is 0 Å². The fraction of sp³-hybridized carbons (Fsp3) is 0.273. The molecule has 1 aromatic rings. The highest BCUT2D eigenvalue weighted by atomic mass is 35.5. The number of hydrazone groups is 1. The Morgan fingerprint density at radius 3 is 2.60 bits per heavy atom. The number of hydrogen-bond acceptors (Lipinski definition) is 3. The van der Waals surface area contributed by atoms with Crippen LogP contribution in [-0.4, -0.2) is 30.1 Å². The quantitative estimate of drug-likeness (QED) is 0.728. The van der Waals surface area contributed by atoms with Crippen LogP contribution in [0.3, 0.4) is 0 Å². The topological polar surface area (TPSA) is 32.7 Å². The second kappa shape index (κ2) is 4.03. The molecule has 15 heavy (non-hydrogen) atoms. The van der Waals surface area contributed by atoms with Gasteiger partial charge in [-0.2, -0.15) is 5.10 Å². The molecule has 0 radical (unpaired) electrons. The molecule has 0 saturated carbocycles. The zero-order valence-electron chi connectivity index (χ0n) is 8.40. The first-order valence-corrected chi connectivity index (χ1v) is 5.09. The van der Waals surface area contributed by atoms with Crippen LogP contribution in [0.1, 0.15) is 12.0 Å². The van der Waals surface area contributed by atoms with Gasteiger partial charge in [-0.1, -0.05) is 23.7 Å². The standard InChI is InChI=1S/C11H11ClN2O/c1-14-7-10(15)6-11(13-14)8-2-4-9(12)5-3-8/h2-5H,6-7H2,1H3. The van der Waals surface area contributed by atoms with Crippen molar-refractivity contribution in [2.75, 3.05) is 13.6 Å². The highest BCUT2D eigenvalue weighted by Crippen LogP contribution is 2.14. The number of Topliss-reactive ketones (excluding diaryl/α,β-unsaturated/α-hetero) is 1. The molecule has 1 aliphatic heterocycles. The minimum atomic E-state index is 0.192. The Hall–Kier alpha value is -1.35. The lowest BCUT2D eigenvalue weighted by Gasteiger charge is -2.20. The molecule has 3 nitrogen and oxygen atoms in total. The smallest absolute Gasteiger partial charge is 0.159 e. The van der Waals surface area contributed by atoms with Crippen LogP contribution in [0.15, 0.2) is 29.4 Å². The van der Waals surface area contributed by atoms with E-state index in [9.17, 15) is 4.79 Å². The van der Waals surface area contributed by atoms with E-state index in [4.69, 9.17) is 11.6 Å². The zero-order chi connectivity index (χ0) is 10.8. The number of ketones is 1. The van der Waals surface area contributed by atoms with Gasteiger partial charge in [-0.15, -0.1) is 0 Å². The summed E-state index contributed by atoms with van der Waals surface area (Å²) in [6.45, 7) is 0.400. The molecule has 0 bridgehead atoms. The maximum absolute atomic E-state index is 11.4. The lowest BCUT2D eigenvalue weighted by molar-refractivity contribution is -0.119. The molecule has 0 spiro atoms.